The standard InChI is InChI=1S/C18H19ClN2O5S/c1-25-17-6-5-15(27(23,24)21-14-7-8-26-11-14)10-16(17)18(22)20-13-4-2-3-12(19)9-13/h2-6,9-10,14,21H,7-8,11H2,1H3,(H,20,22). The predicted octanol–water partition coefficient (Wildman–Crippen LogP) is 2.67. The van der Waals surface area contributed by atoms with Gasteiger partial charge in [0.15, 0.2) is 0 Å². The number of carbonyl (C=O) groups excluding carboxylic acids is 1. The Bertz CT molecular complexity index is 943. The fraction of sp³-hybridized carbons (Fsp3) is 0.278. The molecule has 1 amide bonds. The van der Waals surface area contributed by atoms with Gasteiger partial charge in [0.2, 0.25) is 10.0 Å². The molecule has 0 spiro atoms. The number of nitrogens with one attached hydrogen (secondary N) is 2. The third-order valence-electron chi connectivity index (χ3n) is 4.06. The third kappa shape index (κ3) is 4.78. The van der Waals surface area contributed by atoms with Crippen molar-refractivity contribution in [3.05, 3.63) is 53.1 Å². The number of amides is 1. The topological polar surface area (TPSA) is 93.7 Å². The molecule has 0 bridgehead atoms. The molecule has 2 N–H and O–H groups in total. The summed E-state index contributed by atoms with van der Waals surface area (Å²) in [5.41, 5.74) is 0.590. The number of halogens is 1. The van der Waals surface area contributed by atoms with Crippen molar-refractivity contribution in [2.45, 2.75) is 17.4 Å². The average molecular weight is 411 g/mol. The number of rotatable bonds is 6. The second kappa shape index (κ2) is 8.26. The van der Waals surface area contributed by atoms with Crippen molar-refractivity contribution in [3.63, 3.8) is 0 Å². The molecule has 1 heterocycles. The maximum Gasteiger partial charge on any atom is 0.259 e. The fourth-order valence-corrected chi connectivity index (χ4v) is 4.18. The van der Waals surface area contributed by atoms with E-state index in [1.165, 1.54) is 25.3 Å². The zero-order chi connectivity index (χ0) is 19.4. The summed E-state index contributed by atoms with van der Waals surface area (Å²) in [6.07, 6.45) is 0.609. The molecule has 2 aromatic rings. The van der Waals surface area contributed by atoms with E-state index in [4.69, 9.17) is 21.1 Å². The fourth-order valence-electron chi connectivity index (χ4n) is 2.71. The molecular weight excluding hydrogens is 392 g/mol. The monoisotopic (exact) mass is 410 g/mol. The molecular formula is C18H19ClN2O5S. The van der Waals surface area contributed by atoms with E-state index in [0.717, 1.165) is 0 Å². The molecule has 1 fully saturated rings. The SMILES string of the molecule is COc1ccc(S(=O)(=O)NC2CCOC2)cc1C(=O)Nc1cccc(Cl)c1. The van der Waals surface area contributed by atoms with E-state index in [9.17, 15) is 13.2 Å². The van der Waals surface area contributed by atoms with E-state index in [1.54, 1.807) is 24.3 Å². The van der Waals surface area contributed by atoms with Crippen LogP contribution in [0.4, 0.5) is 5.69 Å². The third-order valence-corrected chi connectivity index (χ3v) is 5.81. The minimum atomic E-state index is -3.79. The summed E-state index contributed by atoms with van der Waals surface area (Å²) < 4.78 is 38.2. The van der Waals surface area contributed by atoms with E-state index < -0.39 is 15.9 Å². The lowest BCUT2D eigenvalue weighted by Crippen LogP contribution is -2.35. The number of anilines is 1. The Morgan fingerprint density at radius 3 is 2.74 bits per heavy atom. The summed E-state index contributed by atoms with van der Waals surface area (Å²) >= 11 is 5.93. The highest BCUT2D eigenvalue weighted by molar-refractivity contribution is 7.89. The summed E-state index contributed by atoms with van der Waals surface area (Å²) in [7, 11) is -2.38. The molecule has 0 radical (unpaired) electrons. The van der Waals surface area contributed by atoms with Gasteiger partial charge in [-0.05, 0) is 42.8 Å². The molecule has 1 aliphatic rings. The molecule has 27 heavy (non-hydrogen) atoms. The number of carbonyl (C=O) groups is 1. The van der Waals surface area contributed by atoms with Crippen LogP contribution in [0, 0.1) is 0 Å². The molecule has 1 unspecified atom stereocenters. The van der Waals surface area contributed by atoms with Gasteiger partial charge in [0.1, 0.15) is 5.75 Å². The van der Waals surface area contributed by atoms with Gasteiger partial charge >= 0.3 is 0 Å². The molecule has 0 saturated carbocycles. The predicted molar refractivity (Wildman–Crippen MR) is 102 cm³/mol. The first-order valence-electron chi connectivity index (χ1n) is 8.24. The first-order valence-corrected chi connectivity index (χ1v) is 10.1. The summed E-state index contributed by atoms with van der Waals surface area (Å²) in [6, 6.07) is 10.5. The lowest BCUT2D eigenvalue weighted by Gasteiger charge is -2.14. The van der Waals surface area contributed by atoms with Gasteiger partial charge < -0.3 is 14.8 Å². The van der Waals surface area contributed by atoms with Crippen molar-refractivity contribution in [1.29, 1.82) is 0 Å². The number of sulfonamides is 1. The van der Waals surface area contributed by atoms with Crippen LogP contribution < -0.4 is 14.8 Å². The van der Waals surface area contributed by atoms with Gasteiger partial charge in [-0.2, -0.15) is 0 Å². The average Bonchev–Trinajstić information content (AvgIpc) is 3.13. The van der Waals surface area contributed by atoms with E-state index in [2.05, 4.69) is 10.0 Å². The van der Waals surface area contributed by atoms with Crippen LogP contribution in [-0.4, -0.2) is 40.7 Å². The molecule has 7 nitrogen and oxygen atoms in total. The van der Waals surface area contributed by atoms with Crippen LogP contribution in [0.5, 0.6) is 5.75 Å². The maximum absolute atomic E-state index is 12.7. The Morgan fingerprint density at radius 2 is 2.07 bits per heavy atom. The minimum Gasteiger partial charge on any atom is -0.496 e. The lowest BCUT2D eigenvalue weighted by molar-refractivity contribution is 0.102. The van der Waals surface area contributed by atoms with E-state index in [-0.39, 0.29) is 22.3 Å². The van der Waals surface area contributed by atoms with Crippen LogP contribution in [0.25, 0.3) is 0 Å². The van der Waals surface area contributed by atoms with Crippen molar-refractivity contribution in [2.24, 2.45) is 0 Å². The molecule has 9 heteroatoms. The number of ether oxygens (including phenoxy) is 2. The van der Waals surface area contributed by atoms with Gasteiger partial charge in [0.05, 0.1) is 24.2 Å². The van der Waals surface area contributed by atoms with Crippen LogP contribution in [-0.2, 0) is 14.8 Å². The van der Waals surface area contributed by atoms with Gasteiger partial charge in [-0.3, -0.25) is 4.79 Å². The second-order valence-corrected chi connectivity index (χ2v) is 8.16. The zero-order valence-corrected chi connectivity index (χ0v) is 16.1. The van der Waals surface area contributed by atoms with Crippen LogP contribution in [0.2, 0.25) is 5.02 Å². The van der Waals surface area contributed by atoms with Crippen LogP contribution in [0.3, 0.4) is 0 Å². The molecule has 0 aliphatic carbocycles. The summed E-state index contributed by atoms with van der Waals surface area (Å²) in [6.45, 7) is 0.848. The van der Waals surface area contributed by atoms with Gasteiger partial charge in [-0.15, -0.1) is 0 Å². The van der Waals surface area contributed by atoms with Crippen molar-refractivity contribution in [2.75, 3.05) is 25.6 Å². The highest BCUT2D eigenvalue weighted by Crippen LogP contribution is 2.25. The Hall–Kier alpha value is -2.13. The van der Waals surface area contributed by atoms with Crippen molar-refractivity contribution in [3.8, 4) is 5.75 Å². The largest absolute Gasteiger partial charge is 0.496 e. The van der Waals surface area contributed by atoms with Gasteiger partial charge in [-0.1, -0.05) is 17.7 Å². The number of hydrogen-bond donors (Lipinski definition) is 2. The number of methoxy groups -OCH3 is 1. The van der Waals surface area contributed by atoms with Crippen LogP contribution >= 0.6 is 11.6 Å². The smallest absolute Gasteiger partial charge is 0.259 e. The number of benzene rings is 2. The van der Waals surface area contributed by atoms with Crippen molar-refractivity contribution < 1.29 is 22.7 Å². The Labute approximate surface area is 162 Å². The Balaban J connectivity index is 1.87. The first kappa shape index (κ1) is 19.6. The first-order chi connectivity index (χ1) is 12.9. The van der Waals surface area contributed by atoms with Crippen LogP contribution in [0.1, 0.15) is 16.8 Å². The van der Waals surface area contributed by atoms with Crippen molar-refractivity contribution >= 4 is 33.2 Å². The number of hydrogen-bond acceptors (Lipinski definition) is 5. The van der Waals surface area contributed by atoms with Crippen molar-refractivity contribution in [1.82, 2.24) is 4.72 Å². The molecule has 1 atom stereocenters. The molecule has 2 aromatic carbocycles. The highest BCUT2D eigenvalue weighted by atomic mass is 35.5. The Morgan fingerprint density at radius 1 is 1.26 bits per heavy atom. The maximum atomic E-state index is 12.7. The molecule has 1 saturated heterocycles. The summed E-state index contributed by atoms with van der Waals surface area (Å²) in [5.74, 6) is -0.243. The molecule has 3 rings (SSSR count). The van der Waals surface area contributed by atoms with Gasteiger partial charge in [0, 0.05) is 23.4 Å². The van der Waals surface area contributed by atoms with E-state index in [1.807, 2.05) is 0 Å². The minimum absolute atomic E-state index is 0.0218. The second-order valence-electron chi connectivity index (χ2n) is 6.01. The molecule has 1 aliphatic heterocycles. The highest BCUT2D eigenvalue weighted by Gasteiger charge is 2.25. The van der Waals surface area contributed by atoms with E-state index >= 15 is 0 Å². The van der Waals surface area contributed by atoms with E-state index in [0.29, 0.717) is 30.3 Å². The zero-order valence-electron chi connectivity index (χ0n) is 14.6. The quantitative estimate of drug-likeness (QED) is 0.763. The van der Waals surface area contributed by atoms with Gasteiger partial charge in [0.25, 0.3) is 5.91 Å². The Kier molecular flexibility index (Phi) is 6.01. The molecule has 144 valence electrons. The normalized spacial score (nSPS) is 16.9. The summed E-state index contributed by atoms with van der Waals surface area (Å²) in [5, 5.41) is 3.16. The van der Waals surface area contributed by atoms with Gasteiger partial charge in [-0.25, -0.2) is 13.1 Å². The lowest BCUT2D eigenvalue weighted by atomic mass is 10.2. The van der Waals surface area contributed by atoms with Crippen LogP contribution in [0.15, 0.2) is 47.4 Å². The summed E-state index contributed by atoms with van der Waals surface area (Å²) in [4.78, 5) is 12.6. The molecule has 0 aromatic heterocycles.